The van der Waals surface area contributed by atoms with Gasteiger partial charge in [0.05, 0.1) is 0 Å². The Balaban J connectivity index is 0.00000231. The van der Waals surface area contributed by atoms with Crippen molar-refractivity contribution in [2.45, 2.75) is 24.3 Å². The average Bonchev–Trinajstić information content (AvgIpc) is 3.45. The molecule has 0 heterocycles. The first-order chi connectivity index (χ1) is 14.6. The van der Waals surface area contributed by atoms with Gasteiger partial charge >= 0.3 is 0 Å². The number of fused-ring (bicyclic) bond motifs is 1. The van der Waals surface area contributed by atoms with Gasteiger partial charge in [-0.05, 0) is 59.0 Å². The molecule has 2 atom stereocenters. The zero-order valence-electron chi connectivity index (χ0n) is 17.1. The Morgan fingerprint density at radius 3 is 2.29 bits per heavy atom. The van der Waals surface area contributed by atoms with Crippen LogP contribution < -0.4 is 11.1 Å². The number of anilines is 1. The molecular formula is C27H25ClN2O. The first kappa shape index (κ1) is 21.1. The molecule has 1 saturated carbocycles. The molecule has 4 aromatic carbocycles. The maximum absolute atomic E-state index is 12.3. The van der Waals surface area contributed by atoms with E-state index in [1.54, 1.807) is 0 Å². The first-order valence-corrected chi connectivity index (χ1v) is 10.3. The second-order valence-electron chi connectivity index (χ2n) is 8.29. The van der Waals surface area contributed by atoms with Gasteiger partial charge in [0.1, 0.15) is 0 Å². The molecule has 2 unspecified atom stereocenters. The summed E-state index contributed by atoms with van der Waals surface area (Å²) < 4.78 is 0. The predicted octanol–water partition coefficient (Wildman–Crippen LogP) is 5.94. The van der Waals surface area contributed by atoms with Gasteiger partial charge in [0.2, 0.25) is 0 Å². The molecule has 4 heteroatoms. The highest BCUT2D eigenvalue weighted by Crippen LogP contribution is 2.51. The lowest BCUT2D eigenvalue weighted by Gasteiger charge is -2.13. The molecule has 5 rings (SSSR count). The third-order valence-corrected chi connectivity index (χ3v) is 6.07. The molecule has 1 fully saturated rings. The Labute approximate surface area is 188 Å². The third kappa shape index (κ3) is 4.48. The fourth-order valence-corrected chi connectivity index (χ4v) is 4.29. The molecule has 0 spiro atoms. The molecule has 0 aliphatic heterocycles. The van der Waals surface area contributed by atoms with E-state index < -0.39 is 0 Å². The Morgan fingerprint density at radius 2 is 1.55 bits per heavy atom. The van der Waals surface area contributed by atoms with Crippen LogP contribution in [0.3, 0.4) is 0 Å². The highest BCUT2D eigenvalue weighted by molar-refractivity contribution is 6.04. The fourth-order valence-electron chi connectivity index (χ4n) is 4.29. The van der Waals surface area contributed by atoms with Crippen LogP contribution in [-0.4, -0.2) is 11.4 Å². The van der Waals surface area contributed by atoms with E-state index in [0.717, 1.165) is 18.5 Å². The van der Waals surface area contributed by atoms with Crippen molar-refractivity contribution in [2.75, 3.05) is 5.32 Å². The molecule has 1 aliphatic carbocycles. The molecule has 0 aromatic heterocycles. The fraction of sp³-hybridized carbons (Fsp3) is 0.148. The molecule has 3 N–H and O–H groups in total. The molecule has 0 saturated heterocycles. The summed E-state index contributed by atoms with van der Waals surface area (Å²) >= 11 is 0. The molecule has 1 aliphatic rings. The van der Waals surface area contributed by atoms with Crippen LogP contribution in [0.15, 0.2) is 97.1 Å². The summed E-state index contributed by atoms with van der Waals surface area (Å²) in [6.07, 6.45) is 1.85. The van der Waals surface area contributed by atoms with Crippen LogP contribution >= 0.6 is 12.4 Å². The Morgan fingerprint density at radius 1 is 0.871 bits per heavy atom. The van der Waals surface area contributed by atoms with Gasteiger partial charge in [0, 0.05) is 22.7 Å². The number of benzene rings is 4. The number of amides is 1. The number of carbonyl (C=O) groups is 1. The van der Waals surface area contributed by atoms with Gasteiger partial charge in [-0.1, -0.05) is 72.8 Å². The van der Waals surface area contributed by atoms with Crippen LogP contribution in [0.5, 0.6) is 0 Å². The largest absolute Gasteiger partial charge is 0.324 e. The summed E-state index contributed by atoms with van der Waals surface area (Å²) in [6, 6.07) is 32.4. The van der Waals surface area contributed by atoms with Gasteiger partial charge in [-0.15, -0.1) is 12.4 Å². The minimum atomic E-state index is -0.197. The van der Waals surface area contributed by atoms with Crippen molar-refractivity contribution < 1.29 is 4.79 Å². The molecule has 1 amide bonds. The van der Waals surface area contributed by atoms with Crippen molar-refractivity contribution in [3.8, 4) is 0 Å². The quantitative estimate of drug-likeness (QED) is 0.413. The first-order valence-electron chi connectivity index (χ1n) is 10.3. The minimum absolute atomic E-state index is 0. The van der Waals surface area contributed by atoms with Crippen molar-refractivity contribution >= 4 is 34.8 Å². The van der Waals surface area contributed by atoms with Crippen LogP contribution in [0, 0.1) is 0 Å². The molecule has 0 bridgehead atoms. The highest BCUT2D eigenvalue weighted by atomic mass is 35.5. The molecule has 4 aromatic rings. The van der Waals surface area contributed by atoms with Crippen LogP contribution in [-0.2, 0) is 6.42 Å². The third-order valence-electron chi connectivity index (χ3n) is 6.07. The van der Waals surface area contributed by atoms with Gasteiger partial charge in [-0.3, -0.25) is 4.79 Å². The standard InChI is InChI=1S/C27H24N2O.ClH/c28-27(17-19-10-11-20-6-4-5-9-23(20)16-19)18-25(27)21-12-14-24(15-13-21)29-26(30)22-7-2-1-3-8-22;/h1-16,25H,17-18,28H2,(H,29,30);1H. The van der Waals surface area contributed by atoms with Gasteiger partial charge in [0.25, 0.3) is 5.91 Å². The summed E-state index contributed by atoms with van der Waals surface area (Å²) in [5.41, 5.74) is 10.5. The minimum Gasteiger partial charge on any atom is -0.324 e. The van der Waals surface area contributed by atoms with E-state index in [1.807, 2.05) is 42.5 Å². The van der Waals surface area contributed by atoms with Gasteiger partial charge in [0.15, 0.2) is 0 Å². The van der Waals surface area contributed by atoms with E-state index in [1.165, 1.54) is 21.9 Å². The van der Waals surface area contributed by atoms with E-state index in [2.05, 4.69) is 59.9 Å². The van der Waals surface area contributed by atoms with E-state index in [9.17, 15) is 4.79 Å². The number of hydrogen-bond acceptors (Lipinski definition) is 2. The SMILES string of the molecule is Cl.NC1(Cc2ccc3ccccc3c2)CC1c1ccc(NC(=O)c2ccccc2)cc1. The van der Waals surface area contributed by atoms with E-state index in [4.69, 9.17) is 5.73 Å². The van der Waals surface area contributed by atoms with Crippen molar-refractivity contribution in [1.29, 1.82) is 0 Å². The van der Waals surface area contributed by atoms with E-state index in [0.29, 0.717) is 11.5 Å². The Bertz CT molecular complexity index is 1210. The highest BCUT2D eigenvalue weighted by Gasteiger charge is 2.51. The normalized spacial score (nSPS) is 19.5. The van der Waals surface area contributed by atoms with Gasteiger partial charge < -0.3 is 11.1 Å². The maximum Gasteiger partial charge on any atom is 0.255 e. The van der Waals surface area contributed by atoms with Crippen LogP contribution in [0.2, 0.25) is 0 Å². The number of rotatable bonds is 5. The zero-order chi connectivity index (χ0) is 20.6. The monoisotopic (exact) mass is 428 g/mol. The van der Waals surface area contributed by atoms with Gasteiger partial charge in [-0.2, -0.15) is 0 Å². The van der Waals surface area contributed by atoms with E-state index >= 15 is 0 Å². The summed E-state index contributed by atoms with van der Waals surface area (Å²) in [6.45, 7) is 0. The number of nitrogens with one attached hydrogen (secondary N) is 1. The van der Waals surface area contributed by atoms with E-state index in [-0.39, 0.29) is 23.9 Å². The lowest BCUT2D eigenvalue weighted by atomic mass is 9.97. The van der Waals surface area contributed by atoms with Crippen molar-refractivity contribution in [3.05, 3.63) is 114 Å². The average molecular weight is 429 g/mol. The summed E-state index contributed by atoms with van der Waals surface area (Å²) in [4.78, 5) is 12.3. The molecule has 156 valence electrons. The predicted molar refractivity (Wildman–Crippen MR) is 130 cm³/mol. The Hall–Kier alpha value is -3.14. The number of hydrogen-bond donors (Lipinski definition) is 2. The topological polar surface area (TPSA) is 55.1 Å². The van der Waals surface area contributed by atoms with Crippen LogP contribution in [0.25, 0.3) is 10.8 Å². The summed E-state index contributed by atoms with van der Waals surface area (Å²) in [7, 11) is 0. The van der Waals surface area contributed by atoms with Gasteiger partial charge in [-0.25, -0.2) is 0 Å². The second-order valence-corrected chi connectivity index (χ2v) is 8.29. The lowest BCUT2D eigenvalue weighted by molar-refractivity contribution is 0.102. The Kier molecular flexibility index (Phi) is 5.81. The molecule has 3 nitrogen and oxygen atoms in total. The number of halogens is 1. The van der Waals surface area contributed by atoms with Crippen molar-refractivity contribution in [3.63, 3.8) is 0 Å². The second kappa shape index (κ2) is 8.54. The van der Waals surface area contributed by atoms with Crippen LogP contribution in [0.4, 0.5) is 5.69 Å². The molecule has 31 heavy (non-hydrogen) atoms. The van der Waals surface area contributed by atoms with Crippen LogP contribution in [0.1, 0.15) is 33.8 Å². The molecule has 0 radical (unpaired) electrons. The maximum atomic E-state index is 12.3. The lowest BCUT2D eigenvalue weighted by Crippen LogP contribution is -2.27. The van der Waals surface area contributed by atoms with Crippen molar-refractivity contribution in [2.24, 2.45) is 5.73 Å². The summed E-state index contributed by atoms with van der Waals surface area (Å²) in [5, 5.41) is 5.47. The zero-order valence-corrected chi connectivity index (χ0v) is 17.9. The summed E-state index contributed by atoms with van der Waals surface area (Å²) in [5.74, 6) is 0.252. The number of nitrogens with two attached hydrogens (primary N) is 1. The van der Waals surface area contributed by atoms with Crippen molar-refractivity contribution in [1.82, 2.24) is 0 Å². The molecular weight excluding hydrogens is 404 g/mol. The smallest absolute Gasteiger partial charge is 0.255 e. The number of carbonyl (C=O) groups excluding carboxylic acids is 1.